The number of hydrogen-bond donors (Lipinski definition) is 1. The van der Waals surface area contributed by atoms with Crippen LogP contribution in [0.25, 0.3) is 0 Å². The summed E-state index contributed by atoms with van der Waals surface area (Å²) < 4.78 is 30.9. The van der Waals surface area contributed by atoms with E-state index >= 15 is 0 Å². The fourth-order valence-electron chi connectivity index (χ4n) is 2.88. The summed E-state index contributed by atoms with van der Waals surface area (Å²) in [7, 11) is -4.29. The third-order valence-corrected chi connectivity index (χ3v) is 5.24. The molecule has 0 unspecified atom stereocenters. The Bertz CT molecular complexity index is 573. The Hall–Kier alpha value is -0.0700. The first-order valence-corrected chi connectivity index (χ1v) is 10.7. The first-order valence-electron chi connectivity index (χ1n) is 9.22. The molecule has 1 aromatic rings. The Morgan fingerprint density at radius 3 is 1.80 bits per heavy atom. The third-order valence-electron chi connectivity index (χ3n) is 4.39. The molecule has 1 aromatic carbocycles. The predicted molar refractivity (Wildman–Crippen MR) is 95.9 cm³/mol. The minimum absolute atomic E-state index is 0. The van der Waals surface area contributed by atoms with Crippen molar-refractivity contribution in [3.05, 3.63) is 23.8 Å². The molecule has 0 aliphatic heterocycles. The molecular weight excluding hydrogens is 347 g/mol. The van der Waals surface area contributed by atoms with Crippen molar-refractivity contribution in [3.8, 4) is 5.75 Å². The van der Waals surface area contributed by atoms with Crippen molar-refractivity contribution in [2.75, 3.05) is 0 Å². The molecular formula is C19H31NaO4S. The van der Waals surface area contributed by atoms with E-state index in [2.05, 4.69) is 6.92 Å². The summed E-state index contributed by atoms with van der Waals surface area (Å²) in [6, 6.07) is 3.82. The van der Waals surface area contributed by atoms with Crippen LogP contribution in [-0.2, 0) is 16.5 Å². The normalized spacial score (nSPS) is 11.3. The largest absolute Gasteiger partial charge is 1.00 e. The van der Waals surface area contributed by atoms with Gasteiger partial charge in [0.15, 0.2) is 0 Å². The molecule has 0 aliphatic carbocycles. The van der Waals surface area contributed by atoms with Crippen LogP contribution >= 0.6 is 0 Å². The Kier molecular flexibility index (Phi) is 14.0. The molecule has 0 aromatic heterocycles. The summed E-state index contributed by atoms with van der Waals surface area (Å²) in [4.78, 5) is -0.324. The van der Waals surface area contributed by atoms with Gasteiger partial charge in [0.2, 0.25) is 0 Å². The van der Waals surface area contributed by atoms with Gasteiger partial charge in [-0.25, -0.2) is 0 Å². The van der Waals surface area contributed by atoms with Crippen LogP contribution in [0.15, 0.2) is 23.1 Å². The van der Waals surface area contributed by atoms with Crippen LogP contribution in [0.2, 0.25) is 0 Å². The average Bonchev–Trinajstić information content (AvgIpc) is 2.53. The second-order valence-electron chi connectivity index (χ2n) is 6.53. The fourth-order valence-corrected chi connectivity index (χ4v) is 3.38. The van der Waals surface area contributed by atoms with E-state index in [1.54, 1.807) is 0 Å². The van der Waals surface area contributed by atoms with E-state index in [0.29, 0.717) is 12.0 Å². The van der Waals surface area contributed by atoms with E-state index < -0.39 is 10.1 Å². The minimum atomic E-state index is -4.29. The summed E-state index contributed by atoms with van der Waals surface area (Å²) in [5.74, 6) is -0.308. The molecule has 138 valence electrons. The zero-order valence-electron chi connectivity index (χ0n) is 15.8. The van der Waals surface area contributed by atoms with E-state index in [1.165, 1.54) is 69.9 Å². The van der Waals surface area contributed by atoms with Crippen molar-refractivity contribution in [2.24, 2.45) is 0 Å². The van der Waals surface area contributed by atoms with E-state index in [9.17, 15) is 13.5 Å². The van der Waals surface area contributed by atoms with Gasteiger partial charge in [0, 0.05) is 0 Å². The van der Waals surface area contributed by atoms with Crippen LogP contribution in [0.1, 0.15) is 83.1 Å². The number of hydrogen-bond acceptors (Lipinski definition) is 3. The van der Waals surface area contributed by atoms with Crippen molar-refractivity contribution < 1.29 is 47.6 Å². The fraction of sp³-hybridized carbons (Fsp3) is 0.684. The maximum atomic E-state index is 11.8. The minimum Gasteiger partial charge on any atom is -0.872 e. The van der Waals surface area contributed by atoms with Crippen LogP contribution in [0, 0.1) is 0 Å². The van der Waals surface area contributed by atoms with Gasteiger partial charge in [-0.1, -0.05) is 82.8 Å². The number of benzene rings is 1. The van der Waals surface area contributed by atoms with Crippen LogP contribution in [0.3, 0.4) is 0 Å². The molecule has 0 amide bonds. The van der Waals surface area contributed by atoms with Crippen molar-refractivity contribution in [1.82, 2.24) is 0 Å². The van der Waals surface area contributed by atoms with Crippen molar-refractivity contribution in [1.29, 1.82) is 0 Å². The second kappa shape index (κ2) is 14.0. The van der Waals surface area contributed by atoms with Crippen LogP contribution < -0.4 is 34.7 Å². The third kappa shape index (κ3) is 11.3. The summed E-state index contributed by atoms with van der Waals surface area (Å²) in [6.07, 6.45) is 14.5. The predicted octanol–water partition coefficient (Wildman–Crippen LogP) is 1.86. The molecule has 0 saturated carbocycles. The molecule has 1 rings (SSSR count). The summed E-state index contributed by atoms with van der Waals surface area (Å²) in [5, 5.41) is 11.8. The number of rotatable bonds is 13. The van der Waals surface area contributed by atoms with Gasteiger partial charge in [-0.15, -0.1) is 5.75 Å². The number of unbranched alkanes of at least 4 members (excludes halogenated alkanes) is 10. The molecule has 0 bridgehead atoms. The van der Waals surface area contributed by atoms with Crippen molar-refractivity contribution in [2.45, 2.75) is 88.9 Å². The zero-order chi connectivity index (χ0) is 17.8. The van der Waals surface area contributed by atoms with Crippen LogP contribution in [0.4, 0.5) is 0 Å². The van der Waals surface area contributed by atoms with Gasteiger partial charge in [-0.05, 0) is 25.0 Å². The maximum absolute atomic E-state index is 11.8. The Labute approximate surface area is 175 Å². The Morgan fingerprint density at radius 1 is 0.880 bits per heavy atom. The quantitative estimate of drug-likeness (QED) is 0.323. The first kappa shape index (κ1) is 24.9. The SMILES string of the molecule is CCCCCCCCCCCCCc1ccc(S(=O)(=O)O)cc1[O-].[Na+]. The molecule has 25 heavy (non-hydrogen) atoms. The summed E-state index contributed by atoms with van der Waals surface area (Å²) >= 11 is 0. The molecule has 0 spiro atoms. The standard InChI is InChI=1S/C19H32O4S.Na/c1-2-3-4-5-6-7-8-9-10-11-12-13-17-14-15-18(16-19(17)20)24(21,22)23;/h14-16,20H,2-13H2,1H3,(H,21,22,23);/q;+1/p-1. The zero-order valence-corrected chi connectivity index (χ0v) is 18.6. The molecule has 0 fully saturated rings. The maximum Gasteiger partial charge on any atom is 1.00 e. The average molecular weight is 379 g/mol. The van der Waals surface area contributed by atoms with E-state index in [1.807, 2.05) is 0 Å². The van der Waals surface area contributed by atoms with Gasteiger partial charge < -0.3 is 5.11 Å². The molecule has 0 radical (unpaired) electrons. The Morgan fingerprint density at radius 2 is 1.36 bits per heavy atom. The summed E-state index contributed by atoms with van der Waals surface area (Å²) in [6.45, 7) is 2.23. The van der Waals surface area contributed by atoms with Gasteiger partial charge in [0.25, 0.3) is 10.1 Å². The molecule has 6 heteroatoms. The van der Waals surface area contributed by atoms with E-state index in [0.717, 1.165) is 18.9 Å². The monoisotopic (exact) mass is 378 g/mol. The van der Waals surface area contributed by atoms with Gasteiger partial charge in [-0.2, -0.15) is 8.42 Å². The van der Waals surface area contributed by atoms with Crippen molar-refractivity contribution in [3.63, 3.8) is 0 Å². The van der Waals surface area contributed by atoms with Crippen molar-refractivity contribution >= 4 is 10.1 Å². The smallest absolute Gasteiger partial charge is 0.872 e. The molecule has 4 nitrogen and oxygen atoms in total. The van der Waals surface area contributed by atoms with Crippen LogP contribution in [0.5, 0.6) is 5.75 Å². The Balaban J connectivity index is 0.00000576. The molecule has 0 saturated heterocycles. The summed E-state index contributed by atoms with van der Waals surface area (Å²) in [5.41, 5.74) is 0.623. The van der Waals surface area contributed by atoms with Gasteiger partial charge in [0.1, 0.15) is 0 Å². The van der Waals surface area contributed by atoms with Crippen LogP contribution in [-0.4, -0.2) is 13.0 Å². The molecule has 0 aliphatic rings. The first-order chi connectivity index (χ1) is 11.4. The van der Waals surface area contributed by atoms with Gasteiger partial charge >= 0.3 is 29.6 Å². The van der Waals surface area contributed by atoms with Gasteiger partial charge in [0.05, 0.1) is 4.90 Å². The molecule has 1 N–H and O–H groups in total. The van der Waals surface area contributed by atoms with Gasteiger partial charge in [-0.3, -0.25) is 4.55 Å². The van der Waals surface area contributed by atoms with E-state index in [-0.39, 0.29) is 40.2 Å². The second-order valence-corrected chi connectivity index (χ2v) is 7.95. The topological polar surface area (TPSA) is 77.4 Å². The number of aryl methyl sites for hydroxylation is 1. The molecule has 0 heterocycles. The van der Waals surface area contributed by atoms with E-state index in [4.69, 9.17) is 4.55 Å². The molecule has 0 atom stereocenters.